The largest absolute Gasteiger partial charge is 0.369 e. The minimum absolute atomic E-state index is 0.0774. The minimum atomic E-state index is -0.0774. The first-order valence-electron chi connectivity index (χ1n) is 10.4. The first-order chi connectivity index (χ1) is 15.2. The predicted molar refractivity (Wildman–Crippen MR) is 126 cm³/mol. The van der Waals surface area contributed by atoms with Gasteiger partial charge in [-0.05, 0) is 43.0 Å². The fourth-order valence-corrected chi connectivity index (χ4v) is 4.56. The number of benzene rings is 1. The molecule has 0 saturated carbocycles. The summed E-state index contributed by atoms with van der Waals surface area (Å²) in [5, 5.41) is 7.37. The van der Waals surface area contributed by atoms with Crippen LogP contribution in [0.25, 0.3) is 10.2 Å². The van der Waals surface area contributed by atoms with Gasteiger partial charge >= 0.3 is 0 Å². The third kappa shape index (κ3) is 5.24. The van der Waals surface area contributed by atoms with E-state index < -0.39 is 0 Å². The van der Waals surface area contributed by atoms with Crippen LogP contribution in [0.1, 0.15) is 32.9 Å². The number of rotatable bonds is 9. The molecule has 0 atom stereocenters. The van der Waals surface area contributed by atoms with E-state index in [2.05, 4.69) is 49.9 Å². The molecule has 4 aromatic rings. The number of carbonyl (C=O) groups is 1. The molecule has 1 aromatic carbocycles. The topological polar surface area (TPSA) is 79.8 Å². The Balaban J connectivity index is 1.39. The minimum Gasteiger partial charge on any atom is -0.369 e. The molecule has 0 bridgehead atoms. The molecule has 3 aromatic heterocycles. The van der Waals surface area contributed by atoms with Gasteiger partial charge in [-0.3, -0.25) is 9.78 Å². The van der Waals surface area contributed by atoms with E-state index in [1.165, 1.54) is 16.9 Å². The molecule has 158 valence electrons. The van der Waals surface area contributed by atoms with Gasteiger partial charge in [-0.25, -0.2) is 9.97 Å². The standard InChI is InChI=1S/C24H25N5OS/c1-17-20-22(26-14-7-10-18-8-3-2-4-9-18)28-16-29-24(20)31-21(17)23(30)27-15-12-19-11-5-6-13-25-19/h2-6,8-9,11,13,16H,7,10,12,14-15H2,1H3,(H,27,30)(H,26,28,29). The second-order valence-corrected chi connectivity index (χ2v) is 8.30. The highest BCUT2D eigenvalue weighted by atomic mass is 32.1. The molecular formula is C24H25N5OS. The Labute approximate surface area is 185 Å². The number of aryl methyl sites for hydroxylation is 2. The van der Waals surface area contributed by atoms with Crippen molar-refractivity contribution in [3.8, 4) is 0 Å². The molecule has 0 fully saturated rings. The molecule has 1 amide bonds. The van der Waals surface area contributed by atoms with Gasteiger partial charge in [-0.2, -0.15) is 0 Å². The number of pyridine rings is 1. The quantitative estimate of drug-likeness (QED) is 0.384. The second kappa shape index (κ2) is 10.1. The van der Waals surface area contributed by atoms with Gasteiger partial charge < -0.3 is 10.6 Å². The third-order valence-electron chi connectivity index (χ3n) is 5.10. The highest BCUT2D eigenvalue weighted by Crippen LogP contribution is 2.33. The number of hydrogen-bond acceptors (Lipinski definition) is 6. The summed E-state index contributed by atoms with van der Waals surface area (Å²) in [4.78, 5) is 27.4. The maximum Gasteiger partial charge on any atom is 0.261 e. The summed E-state index contributed by atoms with van der Waals surface area (Å²) in [6.07, 6.45) is 6.03. The number of hydrogen-bond donors (Lipinski definition) is 2. The number of carbonyl (C=O) groups excluding carboxylic acids is 1. The SMILES string of the molecule is Cc1c(C(=O)NCCc2ccccn2)sc2ncnc(NCCCc3ccccc3)c12. The molecule has 0 radical (unpaired) electrons. The summed E-state index contributed by atoms with van der Waals surface area (Å²) in [5.74, 6) is 0.714. The number of amides is 1. The summed E-state index contributed by atoms with van der Waals surface area (Å²) in [6, 6.07) is 16.2. The van der Waals surface area contributed by atoms with Crippen LogP contribution in [0.4, 0.5) is 5.82 Å². The summed E-state index contributed by atoms with van der Waals surface area (Å²) >= 11 is 1.41. The van der Waals surface area contributed by atoms with Crippen molar-refractivity contribution in [2.24, 2.45) is 0 Å². The lowest BCUT2D eigenvalue weighted by Crippen LogP contribution is -2.25. The maximum atomic E-state index is 12.8. The van der Waals surface area contributed by atoms with Crippen molar-refractivity contribution < 1.29 is 4.79 Å². The fraction of sp³-hybridized carbons (Fsp3) is 0.250. The van der Waals surface area contributed by atoms with E-state index in [9.17, 15) is 4.79 Å². The molecule has 31 heavy (non-hydrogen) atoms. The van der Waals surface area contributed by atoms with Gasteiger partial charge in [-0.15, -0.1) is 11.3 Å². The van der Waals surface area contributed by atoms with Gasteiger partial charge in [-0.1, -0.05) is 36.4 Å². The average Bonchev–Trinajstić information content (AvgIpc) is 3.15. The first-order valence-corrected chi connectivity index (χ1v) is 11.2. The van der Waals surface area contributed by atoms with E-state index >= 15 is 0 Å². The normalized spacial score (nSPS) is 10.9. The molecule has 0 aliphatic rings. The Bertz CT molecular complexity index is 1140. The zero-order valence-electron chi connectivity index (χ0n) is 17.5. The molecular weight excluding hydrogens is 406 g/mol. The molecule has 7 heteroatoms. The Kier molecular flexibility index (Phi) is 6.84. The highest BCUT2D eigenvalue weighted by molar-refractivity contribution is 7.20. The van der Waals surface area contributed by atoms with Crippen molar-refractivity contribution >= 4 is 33.3 Å². The molecule has 4 rings (SSSR count). The molecule has 0 spiro atoms. The molecule has 6 nitrogen and oxygen atoms in total. The van der Waals surface area contributed by atoms with Crippen molar-refractivity contribution in [1.29, 1.82) is 0 Å². The van der Waals surface area contributed by atoms with Gasteiger partial charge in [0.25, 0.3) is 5.91 Å². The third-order valence-corrected chi connectivity index (χ3v) is 6.30. The van der Waals surface area contributed by atoms with Crippen LogP contribution in [-0.4, -0.2) is 33.9 Å². The van der Waals surface area contributed by atoms with Gasteiger partial charge in [0.1, 0.15) is 17.0 Å². The number of thiophene rings is 1. The Morgan fingerprint density at radius 3 is 2.61 bits per heavy atom. The zero-order chi connectivity index (χ0) is 21.5. The molecule has 2 N–H and O–H groups in total. The van der Waals surface area contributed by atoms with Crippen LogP contribution in [0.15, 0.2) is 61.1 Å². The molecule has 0 saturated heterocycles. The van der Waals surface area contributed by atoms with Crippen LogP contribution in [0.5, 0.6) is 0 Å². The van der Waals surface area contributed by atoms with E-state index in [0.29, 0.717) is 17.8 Å². The van der Waals surface area contributed by atoms with E-state index in [1.54, 1.807) is 12.5 Å². The van der Waals surface area contributed by atoms with E-state index in [1.807, 2.05) is 31.2 Å². The summed E-state index contributed by atoms with van der Waals surface area (Å²) in [7, 11) is 0. The van der Waals surface area contributed by atoms with Crippen LogP contribution in [0.3, 0.4) is 0 Å². The van der Waals surface area contributed by atoms with Crippen molar-refractivity contribution in [3.63, 3.8) is 0 Å². The lowest BCUT2D eigenvalue weighted by molar-refractivity contribution is 0.0957. The average molecular weight is 432 g/mol. The fourth-order valence-electron chi connectivity index (χ4n) is 3.50. The number of fused-ring (bicyclic) bond motifs is 1. The second-order valence-electron chi connectivity index (χ2n) is 7.30. The summed E-state index contributed by atoms with van der Waals surface area (Å²) in [6.45, 7) is 3.31. The van der Waals surface area contributed by atoms with Crippen LogP contribution in [-0.2, 0) is 12.8 Å². The number of nitrogens with one attached hydrogen (secondary N) is 2. The van der Waals surface area contributed by atoms with Gasteiger partial charge in [0.2, 0.25) is 0 Å². The van der Waals surface area contributed by atoms with Crippen molar-refractivity contribution in [2.45, 2.75) is 26.2 Å². The van der Waals surface area contributed by atoms with E-state index in [4.69, 9.17) is 0 Å². The molecule has 3 heterocycles. The van der Waals surface area contributed by atoms with Gasteiger partial charge in [0, 0.05) is 31.4 Å². The van der Waals surface area contributed by atoms with Gasteiger partial charge in [0.15, 0.2) is 0 Å². The van der Waals surface area contributed by atoms with Crippen molar-refractivity contribution in [2.75, 3.05) is 18.4 Å². The summed E-state index contributed by atoms with van der Waals surface area (Å²) in [5.41, 5.74) is 3.21. The first kappa shape index (κ1) is 20.9. The summed E-state index contributed by atoms with van der Waals surface area (Å²) < 4.78 is 0. The van der Waals surface area contributed by atoms with Crippen LogP contribution < -0.4 is 10.6 Å². The Morgan fingerprint density at radius 1 is 0.968 bits per heavy atom. The number of aromatic nitrogens is 3. The monoisotopic (exact) mass is 431 g/mol. The zero-order valence-corrected chi connectivity index (χ0v) is 18.3. The van der Waals surface area contributed by atoms with E-state index in [-0.39, 0.29) is 5.91 Å². The van der Waals surface area contributed by atoms with Crippen LogP contribution >= 0.6 is 11.3 Å². The van der Waals surface area contributed by atoms with Crippen LogP contribution in [0.2, 0.25) is 0 Å². The number of nitrogens with zero attached hydrogens (tertiary/aromatic N) is 3. The smallest absolute Gasteiger partial charge is 0.261 e. The Morgan fingerprint density at radius 2 is 1.81 bits per heavy atom. The molecule has 0 unspecified atom stereocenters. The maximum absolute atomic E-state index is 12.8. The van der Waals surface area contributed by atoms with E-state index in [0.717, 1.165) is 46.7 Å². The lowest BCUT2D eigenvalue weighted by Gasteiger charge is -2.08. The van der Waals surface area contributed by atoms with Gasteiger partial charge in [0.05, 0.1) is 10.3 Å². The molecule has 0 aliphatic heterocycles. The van der Waals surface area contributed by atoms with Crippen molar-refractivity contribution in [3.05, 3.63) is 82.8 Å². The Hall–Kier alpha value is -3.32. The number of anilines is 1. The lowest BCUT2D eigenvalue weighted by atomic mass is 10.1. The van der Waals surface area contributed by atoms with Crippen molar-refractivity contribution in [1.82, 2.24) is 20.3 Å². The molecule has 0 aliphatic carbocycles. The highest BCUT2D eigenvalue weighted by Gasteiger charge is 2.19. The predicted octanol–water partition coefficient (Wildman–Crippen LogP) is 4.41. The van der Waals surface area contributed by atoms with Crippen LogP contribution in [0, 0.1) is 6.92 Å².